The van der Waals surface area contributed by atoms with Gasteiger partial charge in [-0.3, -0.25) is 0 Å². The van der Waals surface area contributed by atoms with Gasteiger partial charge in [-0.15, -0.1) is 5.10 Å². The van der Waals surface area contributed by atoms with Crippen molar-refractivity contribution in [1.29, 1.82) is 0 Å². The first-order valence-corrected chi connectivity index (χ1v) is 9.80. The molecule has 1 N–H and O–H groups in total. The van der Waals surface area contributed by atoms with Gasteiger partial charge in [-0.1, -0.05) is 0 Å². The first kappa shape index (κ1) is 19.6. The molecule has 2 saturated heterocycles. The molecule has 31 heavy (non-hydrogen) atoms. The van der Waals surface area contributed by atoms with Crippen LogP contribution in [0.4, 0.5) is 29.3 Å². The molecule has 2 amide bonds. The van der Waals surface area contributed by atoms with E-state index in [-0.39, 0.29) is 11.4 Å². The first-order chi connectivity index (χ1) is 14.9. The average Bonchev–Trinajstić information content (AvgIpc) is 3.17. The molecule has 2 aromatic heterocycles. The van der Waals surface area contributed by atoms with Gasteiger partial charge in [0.25, 0.3) is 5.92 Å². The zero-order valence-electron chi connectivity index (χ0n) is 16.4. The van der Waals surface area contributed by atoms with Gasteiger partial charge >= 0.3 is 6.03 Å². The van der Waals surface area contributed by atoms with Crippen LogP contribution in [-0.4, -0.2) is 71.0 Å². The van der Waals surface area contributed by atoms with Gasteiger partial charge in [0.1, 0.15) is 11.5 Å². The highest BCUT2D eigenvalue weighted by atomic mass is 19.3. The summed E-state index contributed by atoms with van der Waals surface area (Å²) < 4.78 is 47.2. The fraction of sp³-hybridized carbons (Fsp3) is 0.350. The molecule has 2 fully saturated rings. The van der Waals surface area contributed by atoms with E-state index in [0.717, 1.165) is 29.1 Å². The summed E-state index contributed by atoms with van der Waals surface area (Å²) >= 11 is 0. The summed E-state index contributed by atoms with van der Waals surface area (Å²) in [5.41, 5.74) is 1.77. The molecule has 4 heterocycles. The van der Waals surface area contributed by atoms with Gasteiger partial charge in [-0.2, -0.15) is 0 Å². The van der Waals surface area contributed by atoms with Gasteiger partial charge in [0.2, 0.25) is 0 Å². The number of anilines is 2. The van der Waals surface area contributed by atoms with E-state index in [9.17, 15) is 18.0 Å². The Labute approximate surface area is 175 Å². The van der Waals surface area contributed by atoms with E-state index in [1.165, 1.54) is 22.9 Å². The predicted molar refractivity (Wildman–Crippen MR) is 107 cm³/mol. The molecule has 0 bridgehead atoms. The third-order valence-corrected chi connectivity index (χ3v) is 5.30. The lowest BCUT2D eigenvalue weighted by molar-refractivity contribution is -0.107. The van der Waals surface area contributed by atoms with Crippen molar-refractivity contribution in [3.63, 3.8) is 0 Å². The summed E-state index contributed by atoms with van der Waals surface area (Å²) in [6.45, 7) is 1.57. The zero-order valence-corrected chi connectivity index (χ0v) is 16.4. The number of carbonyl (C=O) groups is 1. The van der Waals surface area contributed by atoms with Crippen molar-refractivity contribution in [3.05, 3.63) is 42.5 Å². The van der Waals surface area contributed by atoms with Gasteiger partial charge in [-0.25, -0.2) is 27.6 Å². The SMILES string of the molecule is O=C(Nc1ccc(F)c(-n2cc3cc(N4CCOCC4)cnc3n2)c1)N1CC(F)(F)C1. The fourth-order valence-electron chi connectivity index (χ4n) is 3.65. The number of benzene rings is 1. The Morgan fingerprint density at radius 1 is 1.16 bits per heavy atom. The number of aromatic nitrogens is 3. The van der Waals surface area contributed by atoms with Crippen molar-refractivity contribution >= 4 is 28.4 Å². The second-order valence-electron chi connectivity index (χ2n) is 7.59. The number of fused-ring (bicyclic) bond motifs is 1. The molecule has 11 heteroatoms. The van der Waals surface area contributed by atoms with E-state index in [2.05, 4.69) is 20.3 Å². The fourth-order valence-corrected chi connectivity index (χ4v) is 3.65. The summed E-state index contributed by atoms with van der Waals surface area (Å²) in [5, 5.41) is 7.59. The van der Waals surface area contributed by atoms with Crippen LogP contribution in [0.1, 0.15) is 0 Å². The molecule has 8 nitrogen and oxygen atoms in total. The van der Waals surface area contributed by atoms with Crippen LogP contribution >= 0.6 is 0 Å². The molecular weight excluding hydrogens is 413 g/mol. The Morgan fingerprint density at radius 2 is 1.94 bits per heavy atom. The highest BCUT2D eigenvalue weighted by Crippen LogP contribution is 2.28. The highest BCUT2D eigenvalue weighted by Gasteiger charge is 2.46. The molecular formula is C20H19F3N6O2. The zero-order chi connectivity index (χ0) is 21.6. The number of alkyl halides is 2. The van der Waals surface area contributed by atoms with Crippen LogP contribution in [-0.2, 0) is 4.74 Å². The molecule has 162 valence electrons. The topological polar surface area (TPSA) is 75.5 Å². The van der Waals surface area contributed by atoms with Crippen LogP contribution in [0.5, 0.6) is 0 Å². The lowest BCUT2D eigenvalue weighted by Gasteiger charge is -2.38. The summed E-state index contributed by atoms with van der Waals surface area (Å²) in [6, 6.07) is 5.23. The number of ether oxygens (including phenoxy) is 1. The number of carbonyl (C=O) groups excluding carboxylic acids is 1. The number of urea groups is 1. The second-order valence-corrected chi connectivity index (χ2v) is 7.59. The summed E-state index contributed by atoms with van der Waals surface area (Å²) in [4.78, 5) is 19.6. The highest BCUT2D eigenvalue weighted by molar-refractivity contribution is 5.90. The van der Waals surface area contributed by atoms with Crippen molar-refractivity contribution in [2.45, 2.75) is 5.92 Å². The summed E-state index contributed by atoms with van der Waals surface area (Å²) in [5.74, 6) is -3.40. The van der Waals surface area contributed by atoms with Gasteiger partial charge in [0.05, 0.1) is 38.2 Å². The maximum atomic E-state index is 14.5. The van der Waals surface area contributed by atoms with E-state index in [1.807, 2.05) is 6.07 Å². The maximum Gasteiger partial charge on any atom is 0.322 e. The summed E-state index contributed by atoms with van der Waals surface area (Å²) in [7, 11) is 0. The number of pyridine rings is 1. The number of hydrogen-bond donors (Lipinski definition) is 1. The molecule has 0 radical (unpaired) electrons. The van der Waals surface area contributed by atoms with Gasteiger partial charge in [0.15, 0.2) is 5.65 Å². The molecule has 5 rings (SSSR count). The number of hydrogen-bond acceptors (Lipinski definition) is 5. The number of amides is 2. The molecule has 0 saturated carbocycles. The van der Waals surface area contributed by atoms with Gasteiger partial charge in [-0.05, 0) is 24.3 Å². The third-order valence-electron chi connectivity index (χ3n) is 5.30. The van der Waals surface area contributed by atoms with E-state index in [0.29, 0.717) is 18.9 Å². The quantitative estimate of drug-likeness (QED) is 0.689. The normalized spacial score (nSPS) is 18.2. The Hall–Kier alpha value is -3.34. The first-order valence-electron chi connectivity index (χ1n) is 9.80. The van der Waals surface area contributed by atoms with E-state index in [4.69, 9.17) is 4.74 Å². The predicted octanol–water partition coefficient (Wildman–Crippen LogP) is 2.88. The molecule has 0 atom stereocenters. The molecule has 2 aliphatic rings. The number of likely N-dealkylation sites (tertiary alicyclic amines) is 1. The number of rotatable bonds is 3. The number of halogens is 3. The Kier molecular flexibility index (Phi) is 4.69. The monoisotopic (exact) mass is 432 g/mol. The van der Waals surface area contributed by atoms with E-state index in [1.54, 1.807) is 12.4 Å². The minimum absolute atomic E-state index is 0.109. The lowest BCUT2D eigenvalue weighted by Crippen LogP contribution is -2.59. The van der Waals surface area contributed by atoms with Gasteiger partial charge in [0, 0.05) is 30.4 Å². The van der Waals surface area contributed by atoms with Gasteiger partial charge < -0.3 is 19.9 Å². The van der Waals surface area contributed by atoms with Crippen LogP contribution in [0, 0.1) is 5.82 Å². The van der Waals surface area contributed by atoms with Crippen molar-refractivity contribution in [1.82, 2.24) is 19.7 Å². The lowest BCUT2D eigenvalue weighted by atomic mass is 10.1. The standard InChI is InChI=1S/C20H19F3N6O2/c21-16-2-1-14(25-19(30)28-11-20(22,23)12-28)8-17(16)29-10-13-7-15(9-24-18(13)26-29)27-3-5-31-6-4-27/h1-2,7-10H,3-6,11-12H2,(H,25,30). The van der Waals surface area contributed by atoms with E-state index >= 15 is 0 Å². The minimum Gasteiger partial charge on any atom is -0.378 e. The maximum absolute atomic E-state index is 14.5. The molecule has 0 unspecified atom stereocenters. The van der Waals surface area contributed by atoms with Crippen molar-refractivity contribution in [2.24, 2.45) is 0 Å². The minimum atomic E-state index is -2.85. The van der Waals surface area contributed by atoms with E-state index < -0.39 is 30.9 Å². The largest absolute Gasteiger partial charge is 0.378 e. The van der Waals surface area contributed by atoms with Crippen LogP contribution in [0.15, 0.2) is 36.7 Å². The summed E-state index contributed by atoms with van der Waals surface area (Å²) in [6.07, 6.45) is 3.38. The number of morpholine rings is 1. The van der Waals surface area contributed by atoms with Crippen LogP contribution in [0.25, 0.3) is 16.7 Å². The Bertz CT molecular complexity index is 1140. The van der Waals surface area contributed by atoms with Crippen LogP contribution < -0.4 is 10.2 Å². The smallest absolute Gasteiger partial charge is 0.322 e. The Balaban J connectivity index is 1.38. The molecule has 3 aromatic rings. The molecule has 1 aromatic carbocycles. The Morgan fingerprint density at radius 3 is 2.68 bits per heavy atom. The molecule has 2 aliphatic heterocycles. The molecule has 0 aliphatic carbocycles. The number of nitrogens with zero attached hydrogens (tertiary/aromatic N) is 5. The van der Waals surface area contributed by atoms with Crippen molar-refractivity contribution < 1.29 is 22.7 Å². The molecule has 0 spiro atoms. The van der Waals surface area contributed by atoms with Crippen LogP contribution in [0.3, 0.4) is 0 Å². The van der Waals surface area contributed by atoms with Crippen molar-refractivity contribution in [2.75, 3.05) is 49.6 Å². The number of nitrogens with one attached hydrogen (secondary N) is 1. The third kappa shape index (κ3) is 3.88. The van der Waals surface area contributed by atoms with Crippen LogP contribution in [0.2, 0.25) is 0 Å². The van der Waals surface area contributed by atoms with Crippen molar-refractivity contribution in [3.8, 4) is 5.69 Å². The second kappa shape index (κ2) is 7.41. The average molecular weight is 432 g/mol.